The van der Waals surface area contributed by atoms with Gasteiger partial charge in [-0.15, -0.1) is 0 Å². The number of nitrogens with zero attached hydrogens (tertiary/aromatic N) is 2. The number of amides is 2. The van der Waals surface area contributed by atoms with Gasteiger partial charge in [-0.3, -0.25) is 9.59 Å². The summed E-state index contributed by atoms with van der Waals surface area (Å²) in [6.07, 6.45) is 7.24. The smallest absolute Gasteiger partial charge is 0.251 e. The maximum absolute atomic E-state index is 12.3. The first kappa shape index (κ1) is 17.4. The number of carbonyl (C=O) groups excluding carboxylic acids is 2. The summed E-state index contributed by atoms with van der Waals surface area (Å²) >= 11 is 0. The second-order valence-electron chi connectivity index (χ2n) is 7.99. The molecule has 3 aliphatic rings. The van der Waals surface area contributed by atoms with Gasteiger partial charge in [0.25, 0.3) is 5.91 Å². The summed E-state index contributed by atoms with van der Waals surface area (Å²) in [6.45, 7) is 4.15. The van der Waals surface area contributed by atoms with E-state index in [9.17, 15) is 9.59 Å². The maximum Gasteiger partial charge on any atom is 0.251 e. The number of carbonyl (C=O) groups is 2. The molecule has 0 atom stereocenters. The number of hydrogen-bond acceptors (Lipinski definition) is 3. The summed E-state index contributed by atoms with van der Waals surface area (Å²) < 4.78 is 0. The lowest BCUT2D eigenvalue weighted by molar-refractivity contribution is -0.132. The van der Waals surface area contributed by atoms with Gasteiger partial charge in [-0.25, -0.2) is 0 Å². The third kappa shape index (κ3) is 4.02. The van der Waals surface area contributed by atoms with E-state index in [1.807, 2.05) is 29.2 Å². The van der Waals surface area contributed by atoms with Crippen LogP contribution in [0.4, 0.5) is 5.69 Å². The van der Waals surface area contributed by atoms with E-state index in [1.54, 1.807) is 0 Å². The Hall–Kier alpha value is -2.04. The lowest BCUT2D eigenvalue weighted by Gasteiger charge is -2.36. The Morgan fingerprint density at radius 2 is 1.58 bits per heavy atom. The molecular weight excluding hydrogens is 326 g/mol. The molecule has 1 N–H and O–H groups in total. The fourth-order valence-corrected chi connectivity index (χ4v) is 4.15. The molecule has 1 aromatic carbocycles. The minimum Gasteiger partial charge on any atom is -0.368 e. The number of rotatable bonds is 5. The highest BCUT2D eigenvalue weighted by atomic mass is 16.2. The predicted octanol–water partition coefficient (Wildman–Crippen LogP) is 2.67. The van der Waals surface area contributed by atoms with E-state index < -0.39 is 0 Å². The van der Waals surface area contributed by atoms with Gasteiger partial charge in [0.1, 0.15) is 0 Å². The van der Waals surface area contributed by atoms with Crippen molar-refractivity contribution in [3.63, 3.8) is 0 Å². The van der Waals surface area contributed by atoms with Crippen molar-refractivity contribution < 1.29 is 9.59 Å². The Labute approximate surface area is 155 Å². The molecule has 1 aromatic rings. The van der Waals surface area contributed by atoms with Crippen molar-refractivity contribution >= 4 is 17.5 Å². The third-order valence-electron chi connectivity index (χ3n) is 6.04. The fourth-order valence-electron chi connectivity index (χ4n) is 4.15. The highest BCUT2D eigenvalue weighted by Gasteiger charge is 2.34. The van der Waals surface area contributed by atoms with Gasteiger partial charge in [0.2, 0.25) is 5.91 Å². The van der Waals surface area contributed by atoms with E-state index in [1.165, 1.54) is 25.7 Å². The molecule has 5 heteroatoms. The monoisotopic (exact) mass is 355 g/mol. The molecule has 0 radical (unpaired) electrons. The minimum atomic E-state index is 0.0308. The zero-order chi connectivity index (χ0) is 17.9. The average molecular weight is 355 g/mol. The maximum atomic E-state index is 12.3. The predicted molar refractivity (Wildman–Crippen MR) is 102 cm³/mol. The van der Waals surface area contributed by atoms with Gasteiger partial charge in [-0.05, 0) is 55.9 Å². The highest BCUT2D eigenvalue weighted by molar-refractivity contribution is 5.94. The van der Waals surface area contributed by atoms with Gasteiger partial charge in [0, 0.05) is 49.9 Å². The second kappa shape index (κ2) is 7.68. The third-order valence-corrected chi connectivity index (χ3v) is 6.04. The molecule has 4 rings (SSSR count). The number of benzene rings is 1. The van der Waals surface area contributed by atoms with Gasteiger partial charge in [0.05, 0.1) is 0 Å². The number of nitrogens with one attached hydrogen (secondary N) is 1. The summed E-state index contributed by atoms with van der Waals surface area (Å²) in [6, 6.07) is 7.90. The first-order chi connectivity index (χ1) is 12.7. The second-order valence-corrected chi connectivity index (χ2v) is 7.99. The van der Waals surface area contributed by atoms with Crippen LogP contribution in [0.15, 0.2) is 24.3 Å². The molecule has 26 heavy (non-hydrogen) atoms. The lowest BCUT2D eigenvalue weighted by atomic mass is 10.1. The quantitative estimate of drug-likeness (QED) is 0.883. The van der Waals surface area contributed by atoms with Gasteiger partial charge in [0.15, 0.2) is 0 Å². The van der Waals surface area contributed by atoms with Crippen molar-refractivity contribution in [1.29, 1.82) is 0 Å². The topological polar surface area (TPSA) is 52.7 Å². The van der Waals surface area contributed by atoms with E-state index in [0.717, 1.165) is 56.8 Å². The van der Waals surface area contributed by atoms with Crippen molar-refractivity contribution in [1.82, 2.24) is 10.2 Å². The normalized spacial score (nSPS) is 21.1. The molecule has 140 valence electrons. The van der Waals surface area contributed by atoms with Crippen molar-refractivity contribution in [2.24, 2.45) is 11.8 Å². The van der Waals surface area contributed by atoms with Gasteiger partial charge >= 0.3 is 0 Å². The molecular formula is C21H29N3O2. The Morgan fingerprint density at radius 1 is 0.923 bits per heavy atom. The van der Waals surface area contributed by atoms with E-state index in [0.29, 0.717) is 17.7 Å². The van der Waals surface area contributed by atoms with Crippen LogP contribution in [0.1, 0.15) is 48.9 Å². The first-order valence-corrected chi connectivity index (χ1v) is 10.1. The van der Waals surface area contributed by atoms with Gasteiger partial charge < -0.3 is 15.1 Å². The van der Waals surface area contributed by atoms with Crippen LogP contribution in [0.5, 0.6) is 0 Å². The van der Waals surface area contributed by atoms with Crippen LogP contribution in [0, 0.1) is 11.8 Å². The molecule has 5 nitrogen and oxygen atoms in total. The average Bonchev–Trinajstić information content (AvgIpc) is 3.41. The molecule has 2 amide bonds. The Balaban J connectivity index is 1.27. The molecule has 1 aliphatic heterocycles. The number of piperazine rings is 1. The van der Waals surface area contributed by atoms with Crippen LogP contribution < -0.4 is 10.2 Å². The summed E-state index contributed by atoms with van der Waals surface area (Å²) in [5.41, 5.74) is 1.87. The molecule has 1 saturated heterocycles. The van der Waals surface area contributed by atoms with E-state index in [2.05, 4.69) is 10.2 Å². The zero-order valence-electron chi connectivity index (χ0n) is 15.5. The number of anilines is 1. The first-order valence-electron chi connectivity index (χ1n) is 10.1. The molecule has 3 fully saturated rings. The summed E-state index contributed by atoms with van der Waals surface area (Å²) in [4.78, 5) is 28.8. The van der Waals surface area contributed by atoms with Crippen LogP contribution in [-0.2, 0) is 4.79 Å². The molecule has 0 spiro atoms. The van der Waals surface area contributed by atoms with E-state index in [4.69, 9.17) is 0 Å². The largest absolute Gasteiger partial charge is 0.368 e. The van der Waals surface area contributed by atoms with Crippen molar-refractivity contribution in [3.8, 4) is 0 Å². The molecule has 2 aliphatic carbocycles. The van der Waals surface area contributed by atoms with Crippen LogP contribution in [0.2, 0.25) is 0 Å². The SMILES string of the molecule is O=C(NCC1CCCC1)c1ccc(N2CCN(C(=O)C3CC3)CC2)cc1. The minimum absolute atomic E-state index is 0.0308. The lowest BCUT2D eigenvalue weighted by Crippen LogP contribution is -2.49. The zero-order valence-corrected chi connectivity index (χ0v) is 15.5. The van der Waals surface area contributed by atoms with Crippen molar-refractivity contribution in [2.75, 3.05) is 37.6 Å². The Kier molecular flexibility index (Phi) is 5.14. The van der Waals surface area contributed by atoms with Gasteiger partial charge in [-0.2, -0.15) is 0 Å². The molecule has 2 saturated carbocycles. The van der Waals surface area contributed by atoms with Crippen LogP contribution in [-0.4, -0.2) is 49.4 Å². The van der Waals surface area contributed by atoms with E-state index >= 15 is 0 Å². The van der Waals surface area contributed by atoms with Crippen LogP contribution in [0.25, 0.3) is 0 Å². The summed E-state index contributed by atoms with van der Waals surface area (Å²) in [5, 5.41) is 3.08. The molecule has 0 unspecified atom stereocenters. The standard InChI is InChI=1S/C21H29N3O2/c25-20(22-15-16-3-1-2-4-16)17-7-9-19(10-8-17)23-11-13-24(14-12-23)21(26)18-5-6-18/h7-10,16,18H,1-6,11-15H2,(H,22,25). The molecule has 0 bridgehead atoms. The highest BCUT2D eigenvalue weighted by Crippen LogP contribution is 2.31. The molecule has 1 heterocycles. The summed E-state index contributed by atoms with van der Waals surface area (Å²) in [7, 11) is 0. The Bertz CT molecular complexity index is 640. The fraction of sp³-hybridized carbons (Fsp3) is 0.619. The van der Waals surface area contributed by atoms with Crippen molar-refractivity contribution in [3.05, 3.63) is 29.8 Å². The Morgan fingerprint density at radius 3 is 2.19 bits per heavy atom. The van der Waals surface area contributed by atoms with Crippen LogP contribution in [0.3, 0.4) is 0 Å². The van der Waals surface area contributed by atoms with Gasteiger partial charge in [-0.1, -0.05) is 12.8 Å². The van der Waals surface area contributed by atoms with Crippen molar-refractivity contribution in [2.45, 2.75) is 38.5 Å². The number of hydrogen-bond donors (Lipinski definition) is 1. The summed E-state index contributed by atoms with van der Waals surface area (Å²) in [5.74, 6) is 1.35. The van der Waals surface area contributed by atoms with E-state index in [-0.39, 0.29) is 5.91 Å². The van der Waals surface area contributed by atoms with Crippen LogP contribution >= 0.6 is 0 Å². The molecule has 0 aromatic heterocycles.